The molecule has 3 saturated carbocycles. The Morgan fingerprint density at radius 2 is 1.95 bits per heavy atom. The molecule has 4 aliphatic rings. The van der Waals surface area contributed by atoms with Gasteiger partial charge in [-0.15, -0.1) is 0 Å². The molecule has 0 spiro atoms. The van der Waals surface area contributed by atoms with Crippen LogP contribution in [0.5, 0.6) is 5.88 Å². The van der Waals surface area contributed by atoms with Gasteiger partial charge in [-0.3, -0.25) is 19.1 Å². The van der Waals surface area contributed by atoms with Crippen LogP contribution in [0.2, 0.25) is 0 Å². The van der Waals surface area contributed by atoms with Crippen LogP contribution in [-0.2, 0) is 24.4 Å². The van der Waals surface area contributed by atoms with Gasteiger partial charge in [0.1, 0.15) is 11.6 Å². The summed E-state index contributed by atoms with van der Waals surface area (Å²) in [6, 6.07) is 1.77. The van der Waals surface area contributed by atoms with E-state index >= 15 is 0 Å². The van der Waals surface area contributed by atoms with Crippen molar-refractivity contribution in [2.45, 2.75) is 88.1 Å². The van der Waals surface area contributed by atoms with E-state index in [0.29, 0.717) is 44.1 Å². The van der Waals surface area contributed by atoms with Gasteiger partial charge in [0, 0.05) is 37.8 Å². The van der Waals surface area contributed by atoms with Crippen LogP contribution in [0.4, 0.5) is 5.95 Å². The summed E-state index contributed by atoms with van der Waals surface area (Å²) in [5.74, 6) is -2.25. The first-order valence-electron chi connectivity index (χ1n) is 14.5. The highest BCUT2D eigenvalue weighted by atomic mass is 32.2. The van der Waals surface area contributed by atoms with Gasteiger partial charge < -0.3 is 20.3 Å². The Labute approximate surface area is 241 Å². The van der Waals surface area contributed by atoms with Crippen LogP contribution in [-0.4, -0.2) is 77.5 Å². The molecule has 0 aromatic carbocycles. The first-order valence-corrected chi connectivity index (χ1v) is 16.1. The molecule has 1 aromatic heterocycles. The Hall–Kier alpha value is -3.22. The highest BCUT2D eigenvalue weighted by Gasteiger charge is 2.62. The van der Waals surface area contributed by atoms with Crippen molar-refractivity contribution in [3.8, 4) is 5.88 Å². The third kappa shape index (κ3) is 6.65. The number of hydrogen-bond acceptors (Lipinski definition) is 9. The number of nitrogens with zero attached hydrogens (tertiary/aromatic N) is 3. The zero-order valence-electron chi connectivity index (χ0n) is 23.8. The topological polar surface area (TPSA) is 160 Å². The average Bonchev–Trinajstić information content (AvgIpc) is 3.82. The normalized spacial score (nSPS) is 31.4. The lowest BCUT2D eigenvalue weighted by Gasteiger charge is -2.26. The van der Waals surface area contributed by atoms with E-state index < -0.39 is 50.6 Å². The van der Waals surface area contributed by atoms with Gasteiger partial charge in [0.25, 0.3) is 5.91 Å². The van der Waals surface area contributed by atoms with E-state index in [1.165, 1.54) is 0 Å². The summed E-state index contributed by atoms with van der Waals surface area (Å²) in [5, 5.41) is 5.46. The van der Waals surface area contributed by atoms with Crippen molar-refractivity contribution in [1.82, 2.24) is 24.9 Å². The van der Waals surface area contributed by atoms with Crippen LogP contribution in [0.3, 0.4) is 0 Å². The van der Waals surface area contributed by atoms with E-state index in [2.05, 4.69) is 25.3 Å². The fourth-order valence-corrected chi connectivity index (χ4v) is 7.16. The van der Waals surface area contributed by atoms with Crippen LogP contribution in [0.25, 0.3) is 0 Å². The summed E-state index contributed by atoms with van der Waals surface area (Å²) < 4.78 is 33.5. The lowest BCUT2D eigenvalue weighted by molar-refractivity contribution is -0.140. The molecular weight excluding hydrogens is 548 g/mol. The lowest BCUT2D eigenvalue weighted by Crippen LogP contribution is -2.54. The van der Waals surface area contributed by atoms with Gasteiger partial charge in [0.2, 0.25) is 33.7 Å². The standard InChI is InChI=1S/C28H40N6O6S/c1-17(2)30-27-29-12-11-23(31-27)40-19-14-21-22(15-19)25(36)34(3)13-7-5-4-6-8-18-16-28(18,32-24(21)35)26(37)33-41(38,39)20-9-10-20/h6,8,11-12,17-22H,4-5,7,9-10,13-16H2,1-3H3,(H,32,35)(H,33,37)(H,29,30,31)/b8-6-/t18-,19-,21-,22-,28-/m1/s1. The third-order valence-electron chi connectivity index (χ3n) is 8.33. The molecule has 3 amide bonds. The number of anilines is 1. The Balaban J connectivity index is 1.37. The summed E-state index contributed by atoms with van der Waals surface area (Å²) in [7, 11) is -2.04. The Morgan fingerprint density at radius 3 is 2.68 bits per heavy atom. The molecule has 5 rings (SSSR count). The number of hydrogen-bond donors (Lipinski definition) is 3. The van der Waals surface area contributed by atoms with Crippen molar-refractivity contribution in [2.75, 3.05) is 18.9 Å². The number of rotatable bonds is 7. The van der Waals surface area contributed by atoms with Gasteiger partial charge >= 0.3 is 0 Å². The minimum Gasteiger partial charge on any atom is -0.474 e. The second kappa shape index (κ2) is 11.6. The molecule has 0 saturated heterocycles. The smallest absolute Gasteiger partial charge is 0.259 e. The second-order valence-corrected chi connectivity index (χ2v) is 14.0. The van der Waals surface area contributed by atoms with Crippen molar-refractivity contribution in [2.24, 2.45) is 17.8 Å². The van der Waals surface area contributed by atoms with Crippen LogP contribution in [0, 0.1) is 17.8 Å². The van der Waals surface area contributed by atoms with Crippen molar-refractivity contribution in [3.05, 3.63) is 24.4 Å². The first kappa shape index (κ1) is 29.3. The fraction of sp³-hybridized carbons (Fsp3) is 0.679. The molecule has 3 fully saturated rings. The predicted molar refractivity (Wildman–Crippen MR) is 151 cm³/mol. The zero-order chi connectivity index (χ0) is 29.4. The van der Waals surface area contributed by atoms with Crippen molar-refractivity contribution in [3.63, 3.8) is 0 Å². The minimum atomic E-state index is -3.79. The van der Waals surface area contributed by atoms with E-state index in [-0.39, 0.29) is 24.3 Å². The largest absolute Gasteiger partial charge is 0.474 e. The fourth-order valence-electron chi connectivity index (χ4n) is 5.80. The second-order valence-electron chi connectivity index (χ2n) is 12.1. The molecule has 0 bridgehead atoms. The van der Waals surface area contributed by atoms with E-state index in [1.807, 2.05) is 26.0 Å². The first-order chi connectivity index (χ1) is 19.5. The monoisotopic (exact) mass is 588 g/mol. The maximum Gasteiger partial charge on any atom is 0.259 e. The average molecular weight is 589 g/mol. The van der Waals surface area contributed by atoms with Gasteiger partial charge in [0.15, 0.2) is 0 Å². The Morgan fingerprint density at radius 1 is 1.20 bits per heavy atom. The number of carbonyl (C=O) groups is 3. The number of aromatic nitrogens is 2. The van der Waals surface area contributed by atoms with Gasteiger partial charge in [-0.1, -0.05) is 12.2 Å². The number of sulfonamides is 1. The minimum absolute atomic E-state index is 0.128. The lowest BCUT2D eigenvalue weighted by atomic mass is 9.93. The van der Waals surface area contributed by atoms with Crippen LogP contribution in [0.15, 0.2) is 24.4 Å². The molecule has 12 nitrogen and oxygen atoms in total. The van der Waals surface area contributed by atoms with Crippen molar-refractivity contribution in [1.29, 1.82) is 0 Å². The number of allylic oxidation sites excluding steroid dienone is 1. The molecule has 5 atom stereocenters. The third-order valence-corrected chi connectivity index (χ3v) is 10.2. The highest BCUT2D eigenvalue weighted by molar-refractivity contribution is 7.91. The molecule has 13 heteroatoms. The molecule has 3 aliphatic carbocycles. The van der Waals surface area contributed by atoms with Crippen LogP contribution in [0.1, 0.15) is 65.2 Å². The highest BCUT2D eigenvalue weighted by Crippen LogP contribution is 2.47. The summed E-state index contributed by atoms with van der Waals surface area (Å²) in [6.45, 7) is 4.52. The van der Waals surface area contributed by atoms with Crippen LogP contribution >= 0.6 is 0 Å². The molecule has 0 unspecified atom stereocenters. The molecular formula is C28H40N6O6S. The molecule has 224 valence electrons. The maximum atomic E-state index is 13.8. The van der Waals surface area contributed by atoms with Gasteiger partial charge in [-0.25, -0.2) is 13.4 Å². The van der Waals surface area contributed by atoms with E-state index in [0.717, 1.165) is 19.3 Å². The molecule has 1 aliphatic heterocycles. The van der Waals surface area contributed by atoms with Crippen LogP contribution < -0.4 is 20.1 Å². The van der Waals surface area contributed by atoms with Gasteiger partial charge in [0.05, 0.1) is 17.1 Å². The molecule has 2 heterocycles. The predicted octanol–water partition coefficient (Wildman–Crippen LogP) is 1.75. The Kier molecular flexibility index (Phi) is 8.27. The van der Waals surface area contributed by atoms with E-state index in [4.69, 9.17) is 4.74 Å². The Bertz CT molecular complexity index is 1310. The summed E-state index contributed by atoms with van der Waals surface area (Å²) in [4.78, 5) is 51.0. The van der Waals surface area contributed by atoms with Crippen molar-refractivity contribution >= 4 is 33.7 Å². The zero-order valence-corrected chi connectivity index (χ0v) is 24.7. The summed E-state index contributed by atoms with van der Waals surface area (Å²) in [6.07, 6.45) is 9.35. The summed E-state index contributed by atoms with van der Waals surface area (Å²) >= 11 is 0. The molecule has 0 radical (unpaired) electrons. The van der Waals surface area contributed by atoms with Crippen molar-refractivity contribution < 1.29 is 27.5 Å². The molecule has 1 aromatic rings. The number of ether oxygens (including phenoxy) is 1. The summed E-state index contributed by atoms with van der Waals surface area (Å²) in [5.41, 5.74) is -1.36. The van der Waals surface area contributed by atoms with E-state index in [9.17, 15) is 22.8 Å². The maximum absolute atomic E-state index is 13.8. The number of carbonyl (C=O) groups excluding carboxylic acids is 3. The van der Waals surface area contributed by atoms with E-state index in [1.54, 1.807) is 24.2 Å². The number of amides is 3. The number of fused-ring (bicyclic) bond motifs is 2. The molecule has 3 N–H and O–H groups in total. The molecule has 41 heavy (non-hydrogen) atoms. The number of nitrogens with one attached hydrogen (secondary N) is 3. The van der Waals surface area contributed by atoms with Gasteiger partial charge in [-0.05, 0) is 65.2 Å². The van der Waals surface area contributed by atoms with Gasteiger partial charge in [-0.2, -0.15) is 4.98 Å². The SMILES string of the molecule is CC(C)Nc1nccc(O[C@@H]2C[C@H]3C(=O)N[C@]4(C(=O)NS(=O)(=O)C5CC5)C[C@H]4/C=C\CCCCN(C)C(=O)[C@@H]3C2)n1. The quantitative estimate of drug-likeness (QED) is 0.403.